The van der Waals surface area contributed by atoms with E-state index in [1.807, 2.05) is 16.8 Å². The third kappa shape index (κ3) is 4.93. The van der Waals surface area contributed by atoms with Crippen LogP contribution in [0.4, 0.5) is 10.1 Å². The number of halogens is 1. The number of hydrogen-bond donors (Lipinski definition) is 0. The molecule has 2 atom stereocenters. The molecule has 0 saturated carbocycles. The van der Waals surface area contributed by atoms with Gasteiger partial charge >= 0.3 is 0 Å². The van der Waals surface area contributed by atoms with Crippen LogP contribution in [-0.4, -0.2) is 64.0 Å². The predicted octanol–water partition coefficient (Wildman–Crippen LogP) is 2.90. The zero-order valence-corrected chi connectivity index (χ0v) is 17.4. The van der Waals surface area contributed by atoms with Gasteiger partial charge in [0.1, 0.15) is 5.82 Å². The van der Waals surface area contributed by atoms with Crippen molar-refractivity contribution in [3.05, 3.63) is 35.9 Å². The molecule has 4 rings (SSSR count). The Morgan fingerprint density at radius 3 is 2.55 bits per heavy atom. The summed E-state index contributed by atoms with van der Waals surface area (Å²) in [6, 6.07) is 6.98. The molecule has 2 saturated heterocycles. The van der Waals surface area contributed by atoms with Crippen LogP contribution in [0.1, 0.15) is 45.0 Å². The number of piperazine rings is 1. The van der Waals surface area contributed by atoms with Crippen molar-refractivity contribution in [2.24, 2.45) is 5.92 Å². The summed E-state index contributed by atoms with van der Waals surface area (Å²) in [5, 5.41) is 12.7. The fourth-order valence-electron chi connectivity index (χ4n) is 4.37. The second-order valence-corrected chi connectivity index (χ2v) is 8.50. The highest BCUT2D eigenvalue weighted by Crippen LogP contribution is 2.29. The SMILES string of the molecule is CC(C)C[C@@H](c1nnnn1C[C@@H]1CCCO1)N1CCN(c2ccc(F)cc2)CC1. The summed E-state index contributed by atoms with van der Waals surface area (Å²) < 4.78 is 21.0. The van der Waals surface area contributed by atoms with E-state index in [0.29, 0.717) is 5.92 Å². The summed E-state index contributed by atoms with van der Waals surface area (Å²) in [7, 11) is 0. The van der Waals surface area contributed by atoms with Crippen molar-refractivity contribution in [2.45, 2.75) is 51.8 Å². The molecule has 158 valence electrons. The lowest BCUT2D eigenvalue weighted by atomic mass is 10.0. The van der Waals surface area contributed by atoms with Gasteiger partial charge in [0.05, 0.1) is 18.7 Å². The standard InChI is InChI=1S/C21H31FN6O/c1-16(2)14-20(21-23-24-25-28(21)15-19-4-3-13-29-19)27-11-9-26(10-12-27)18-7-5-17(22)6-8-18/h5-8,16,19-20H,3-4,9-15H2,1-2H3/t19-,20-/m0/s1. The first-order valence-corrected chi connectivity index (χ1v) is 10.7. The molecule has 0 unspecified atom stereocenters. The van der Waals surface area contributed by atoms with Crippen LogP contribution >= 0.6 is 0 Å². The Kier molecular flexibility index (Phi) is 6.40. The first-order valence-electron chi connectivity index (χ1n) is 10.7. The third-order valence-corrected chi connectivity index (χ3v) is 5.90. The van der Waals surface area contributed by atoms with Crippen LogP contribution in [0.5, 0.6) is 0 Å². The quantitative estimate of drug-likeness (QED) is 0.710. The molecule has 8 heteroatoms. The predicted molar refractivity (Wildman–Crippen MR) is 109 cm³/mol. The Bertz CT molecular complexity index is 766. The highest BCUT2D eigenvalue weighted by Gasteiger charge is 2.31. The summed E-state index contributed by atoms with van der Waals surface area (Å²) >= 11 is 0. The topological polar surface area (TPSA) is 59.3 Å². The molecule has 3 heterocycles. The minimum atomic E-state index is -0.192. The lowest BCUT2D eigenvalue weighted by Gasteiger charge is -2.40. The summed E-state index contributed by atoms with van der Waals surface area (Å²) in [6.45, 7) is 9.74. The number of nitrogens with zero attached hydrogens (tertiary/aromatic N) is 6. The largest absolute Gasteiger partial charge is 0.376 e. The Morgan fingerprint density at radius 2 is 1.90 bits per heavy atom. The summed E-state index contributed by atoms with van der Waals surface area (Å²) in [5.74, 6) is 1.30. The van der Waals surface area contributed by atoms with E-state index in [1.165, 1.54) is 12.1 Å². The van der Waals surface area contributed by atoms with E-state index in [1.54, 1.807) is 0 Å². The van der Waals surface area contributed by atoms with Crippen molar-refractivity contribution in [1.82, 2.24) is 25.1 Å². The first kappa shape index (κ1) is 20.2. The molecule has 1 aromatic heterocycles. The Morgan fingerprint density at radius 1 is 1.14 bits per heavy atom. The number of tetrazole rings is 1. The van der Waals surface area contributed by atoms with Crippen LogP contribution < -0.4 is 4.90 Å². The average Bonchev–Trinajstić information content (AvgIpc) is 3.39. The van der Waals surface area contributed by atoms with Gasteiger partial charge in [-0.1, -0.05) is 13.8 Å². The molecule has 0 radical (unpaired) electrons. The van der Waals surface area contributed by atoms with Gasteiger partial charge in [-0.25, -0.2) is 9.07 Å². The van der Waals surface area contributed by atoms with E-state index >= 15 is 0 Å². The molecule has 0 aliphatic carbocycles. The lowest BCUT2D eigenvalue weighted by Crippen LogP contribution is -2.48. The van der Waals surface area contributed by atoms with E-state index in [4.69, 9.17) is 4.74 Å². The van der Waals surface area contributed by atoms with Crippen LogP contribution in [-0.2, 0) is 11.3 Å². The third-order valence-electron chi connectivity index (χ3n) is 5.90. The molecule has 2 aliphatic heterocycles. The normalized spacial score (nSPS) is 21.8. The van der Waals surface area contributed by atoms with Crippen LogP contribution in [0.15, 0.2) is 24.3 Å². The number of aromatic nitrogens is 4. The fraction of sp³-hybridized carbons (Fsp3) is 0.667. The average molecular weight is 403 g/mol. The molecule has 1 aromatic carbocycles. The van der Waals surface area contributed by atoms with Gasteiger partial charge in [-0.3, -0.25) is 4.90 Å². The second kappa shape index (κ2) is 9.17. The molecular weight excluding hydrogens is 371 g/mol. The van der Waals surface area contributed by atoms with Crippen molar-refractivity contribution < 1.29 is 9.13 Å². The maximum absolute atomic E-state index is 13.2. The number of anilines is 1. The van der Waals surface area contributed by atoms with Crippen molar-refractivity contribution in [3.63, 3.8) is 0 Å². The van der Waals surface area contributed by atoms with Crippen LogP contribution in [0, 0.1) is 11.7 Å². The monoisotopic (exact) mass is 402 g/mol. The maximum atomic E-state index is 13.2. The van der Waals surface area contributed by atoms with Gasteiger partial charge in [-0.2, -0.15) is 0 Å². The number of hydrogen-bond acceptors (Lipinski definition) is 6. The summed E-state index contributed by atoms with van der Waals surface area (Å²) in [5.41, 5.74) is 1.08. The van der Waals surface area contributed by atoms with Crippen molar-refractivity contribution in [3.8, 4) is 0 Å². The number of benzene rings is 1. The van der Waals surface area contributed by atoms with Crippen molar-refractivity contribution in [2.75, 3.05) is 37.7 Å². The van der Waals surface area contributed by atoms with E-state index in [0.717, 1.165) is 70.1 Å². The van der Waals surface area contributed by atoms with Gasteiger partial charge in [-0.15, -0.1) is 5.10 Å². The van der Waals surface area contributed by atoms with E-state index in [9.17, 15) is 4.39 Å². The molecule has 7 nitrogen and oxygen atoms in total. The highest BCUT2D eigenvalue weighted by atomic mass is 19.1. The summed E-state index contributed by atoms with van der Waals surface area (Å²) in [4.78, 5) is 4.81. The minimum absolute atomic E-state index is 0.192. The maximum Gasteiger partial charge on any atom is 0.168 e. The molecule has 0 N–H and O–H groups in total. The second-order valence-electron chi connectivity index (χ2n) is 8.50. The van der Waals surface area contributed by atoms with Gasteiger partial charge in [-0.05, 0) is 59.9 Å². The zero-order valence-electron chi connectivity index (χ0n) is 17.4. The van der Waals surface area contributed by atoms with Gasteiger partial charge in [0.15, 0.2) is 5.82 Å². The molecule has 0 amide bonds. The summed E-state index contributed by atoms with van der Waals surface area (Å²) in [6.07, 6.45) is 3.42. The van der Waals surface area contributed by atoms with Gasteiger partial charge < -0.3 is 9.64 Å². The van der Waals surface area contributed by atoms with Gasteiger partial charge in [0, 0.05) is 38.5 Å². The van der Waals surface area contributed by atoms with Gasteiger partial charge in [0.25, 0.3) is 0 Å². The minimum Gasteiger partial charge on any atom is -0.376 e. The lowest BCUT2D eigenvalue weighted by molar-refractivity contribution is 0.0885. The number of rotatable bonds is 7. The Balaban J connectivity index is 1.45. The molecule has 0 spiro atoms. The molecule has 0 bridgehead atoms. The van der Waals surface area contributed by atoms with Crippen molar-refractivity contribution in [1.29, 1.82) is 0 Å². The molecule has 29 heavy (non-hydrogen) atoms. The molecule has 2 aliphatic rings. The van der Waals surface area contributed by atoms with E-state index < -0.39 is 0 Å². The van der Waals surface area contributed by atoms with Gasteiger partial charge in [0.2, 0.25) is 0 Å². The molecule has 2 fully saturated rings. The van der Waals surface area contributed by atoms with Crippen molar-refractivity contribution >= 4 is 5.69 Å². The fourth-order valence-corrected chi connectivity index (χ4v) is 4.37. The van der Waals surface area contributed by atoms with E-state index in [2.05, 4.69) is 39.2 Å². The smallest absolute Gasteiger partial charge is 0.168 e. The zero-order chi connectivity index (χ0) is 20.2. The first-order chi connectivity index (χ1) is 14.1. The van der Waals surface area contributed by atoms with E-state index in [-0.39, 0.29) is 18.0 Å². The van der Waals surface area contributed by atoms with Crippen LogP contribution in [0.2, 0.25) is 0 Å². The van der Waals surface area contributed by atoms with Crippen LogP contribution in [0.25, 0.3) is 0 Å². The highest BCUT2D eigenvalue weighted by molar-refractivity contribution is 5.46. The van der Waals surface area contributed by atoms with Crippen LogP contribution in [0.3, 0.4) is 0 Å². The Hall–Kier alpha value is -2.06. The number of ether oxygens (including phenoxy) is 1. The molecule has 2 aromatic rings. The Labute approximate surface area is 171 Å². The molecular formula is C21H31FN6O.